The summed E-state index contributed by atoms with van der Waals surface area (Å²) in [6, 6.07) is 0. The molecule has 0 fully saturated rings. The molecule has 2 atom stereocenters. The molecule has 0 saturated carbocycles. The third kappa shape index (κ3) is 1.16. The Morgan fingerprint density at radius 1 is 1.36 bits per heavy atom. The molecule has 1 aliphatic carbocycles. The predicted molar refractivity (Wildman–Crippen MR) is 45.3 cm³/mol. The second kappa shape index (κ2) is 2.67. The van der Waals surface area contributed by atoms with Crippen molar-refractivity contribution in [2.75, 3.05) is 6.61 Å². The van der Waals surface area contributed by atoms with Crippen molar-refractivity contribution in [2.24, 2.45) is 5.92 Å². The molecule has 0 aromatic rings. The van der Waals surface area contributed by atoms with Crippen LogP contribution in [0, 0.1) is 5.92 Å². The van der Waals surface area contributed by atoms with Crippen LogP contribution in [0.2, 0.25) is 0 Å². The van der Waals surface area contributed by atoms with E-state index in [9.17, 15) is 0 Å². The van der Waals surface area contributed by atoms with E-state index in [1.165, 1.54) is 5.57 Å². The maximum Gasteiger partial charge on any atom is 0.0862 e. The van der Waals surface area contributed by atoms with Crippen molar-refractivity contribution < 1.29 is 4.74 Å². The van der Waals surface area contributed by atoms with Gasteiger partial charge in [0.15, 0.2) is 0 Å². The van der Waals surface area contributed by atoms with Gasteiger partial charge < -0.3 is 4.74 Å². The van der Waals surface area contributed by atoms with Crippen molar-refractivity contribution in [1.82, 2.24) is 0 Å². The maximum atomic E-state index is 5.54. The van der Waals surface area contributed by atoms with Crippen LogP contribution in [-0.4, -0.2) is 12.7 Å². The lowest BCUT2D eigenvalue weighted by Crippen LogP contribution is -2.26. The molecule has 0 amide bonds. The highest BCUT2D eigenvalue weighted by Gasteiger charge is 2.22. The van der Waals surface area contributed by atoms with Gasteiger partial charge in [0.1, 0.15) is 0 Å². The van der Waals surface area contributed by atoms with Crippen molar-refractivity contribution in [3.8, 4) is 0 Å². The summed E-state index contributed by atoms with van der Waals surface area (Å²) in [5, 5.41) is 0. The Morgan fingerprint density at radius 3 is 3.00 bits per heavy atom. The first-order valence-electron chi connectivity index (χ1n) is 4.01. The molecule has 1 aliphatic heterocycles. The average Bonchev–Trinajstić information content (AvgIpc) is 2.06. The SMILES string of the molecule is CC1=CCOC2C=CC=CC12. The van der Waals surface area contributed by atoms with Crippen molar-refractivity contribution in [3.63, 3.8) is 0 Å². The van der Waals surface area contributed by atoms with E-state index >= 15 is 0 Å². The fourth-order valence-corrected chi connectivity index (χ4v) is 1.58. The van der Waals surface area contributed by atoms with Crippen LogP contribution in [0.5, 0.6) is 0 Å². The average molecular weight is 148 g/mol. The normalized spacial score (nSPS) is 34.8. The van der Waals surface area contributed by atoms with Gasteiger partial charge >= 0.3 is 0 Å². The standard InChI is InChI=1S/C10H12O/c1-8-6-7-11-10-5-3-2-4-9(8)10/h2-6,9-10H,7H2,1H3. The first-order valence-corrected chi connectivity index (χ1v) is 4.01. The summed E-state index contributed by atoms with van der Waals surface area (Å²) in [6.45, 7) is 2.94. The highest BCUT2D eigenvalue weighted by atomic mass is 16.5. The van der Waals surface area contributed by atoms with Gasteiger partial charge in [-0.3, -0.25) is 0 Å². The van der Waals surface area contributed by atoms with Crippen molar-refractivity contribution in [2.45, 2.75) is 13.0 Å². The molecular formula is C10H12O. The summed E-state index contributed by atoms with van der Waals surface area (Å²) in [5.41, 5.74) is 1.43. The second-order valence-corrected chi connectivity index (χ2v) is 3.04. The number of rotatable bonds is 0. The molecule has 0 bridgehead atoms. The zero-order valence-electron chi connectivity index (χ0n) is 6.66. The van der Waals surface area contributed by atoms with Gasteiger partial charge in [0, 0.05) is 5.92 Å². The van der Waals surface area contributed by atoms with E-state index in [1.807, 2.05) is 0 Å². The van der Waals surface area contributed by atoms with Crippen LogP contribution in [0.1, 0.15) is 6.92 Å². The quantitative estimate of drug-likeness (QED) is 0.478. The summed E-state index contributed by atoms with van der Waals surface area (Å²) in [5.74, 6) is 0.494. The lowest BCUT2D eigenvalue weighted by Gasteiger charge is -2.28. The molecule has 58 valence electrons. The largest absolute Gasteiger partial charge is 0.369 e. The summed E-state index contributed by atoms with van der Waals surface area (Å²) >= 11 is 0. The molecule has 1 heteroatoms. The number of hydrogen-bond acceptors (Lipinski definition) is 1. The number of fused-ring (bicyclic) bond motifs is 1. The van der Waals surface area contributed by atoms with E-state index < -0.39 is 0 Å². The lowest BCUT2D eigenvalue weighted by atomic mass is 9.89. The highest BCUT2D eigenvalue weighted by molar-refractivity contribution is 5.26. The molecule has 0 aromatic heterocycles. The Balaban J connectivity index is 2.26. The molecule has 1 heterocycles. The summed E-state index contributed by atoms with van der Waals surface area (Å²) in [6.07, 6.45) is 10.9. The van der Waals surface area contributed by atoms with Crippen molar-refractivity contribution >= 4 is 0 Å². The first-order chi connectivity index (χ1) is 5.38. The van der Waals surface area contributed by atoms with Gasteiger partial charge in [-0.05, 0) is 6.92 Å². The van der Waals surface area contributed by atoms with Crippen molar-refractivity contribution in [3.05, 3.63) is 36.0 Å². The van der Waals surface area contributed by atoms with Crippen LogP contribution < -0.4 is 0 Å². The minimum Gasteiger partial charge on any atom is -0.369 e. The predicted octanol–water partition coefficient (Wildman–Crippen LogP) is 2.07. The van der Waals surface area contributed by atoms with Crippen LogP contribution in [0.4, 0.5) is 0 Å². The summed E-state index contributed by atoms with van der Waals surface area (Å²) in [7, 11) is 0. The fraction of sp³-hybridized carbons (Fsp3) is 0.400. The van der Waals surface area contributed by atoms with E-state index in [0.717, 1.165) is 6.61 Å². The molecule has 0 radical (unpaired) electrons. The Hall–Kier alpha value is -0.820. The van der Waals surface area contributed by atoms with E-state index in [0.29, 0.717) is 12.0 Å². The van der Waals surface area contributed by atoms with Crippen molar-refractivity contribution in [1.29, 1.82) is 0 Å². The van der Waals surface area contributed by atoms with Crippen LogP contribution in [0.15, 0.2) is 36.0 Å². The smallest absolute Gasteiger partial charge is 0.0862 e. The van der Waals surface area contributed by atoms with Gasteiger partial charge in [-0.25, -0.2) is 0 Å². The highest BCUT2D eigenvalue weighted by Crippen LogP contribution is 2.26. The minimum atomic E-state index is 0.296. The molecule has 0 saturated heterocycles. The van der Waals surface area contributed by atoms with Gasteiger partial charge in [0.05, 0.1) is 12.7 Å². The van der Waals surface area contributed by atoms with Gasteiger partial charge in [-0.1, -0.05) is 36.0 Å². The summed E-state index contributed by atoms with van der Waals surface area (Å²) < 4.78 is 5.54. The van der Waals surface area contributed by atoms with Gasteiger partial charge in [-0.2, -0.15) is 0 Å². The molecule has 2 aliphatic rings. The van der Waals surface area contributed by atoms with Gasteiger partial charge in [0.2, 0.25) is 0 Å². The Morgan fingerprint density at radius 2 is 2.18 bits per heavy atom. The summed E-state index contributed by atoms with van der Waals surface area (Å²) in [4.78, 5) is 0. The van der Waals surface area contributed by atoms with E-state index in [4.69, 9.17) is 4.74 Å². The Bertz CT molecular complexity index is 235. The van der Waals surface area contributed by atoms with Gasteiger partial charge in [0.25, 0.3) is 0 Å². The Kier molecular flexibility index (Phi) is 1.66. The maximum absolute atomic E-state index is 5.54. The molecule has 0 N–H and O–H groups in total. The minimum absolute atomic E-state index is 0.296. The molecule has 2 unspecified atom stereocenters. The second-order valence-electron chi connectivity index (χ2n) is 3.04. The molecule has 1 nitrogen and oxygen atoms in total. The topological polar surface area (TPSA) is 9.23 Å². The first kappa shape index (κ1) is 6.86. The molecule has 0 spiro atoms. The number of hydrogen-bond donors (Lipinski definition) is 0. The molecule has 2 rings (SSSR count). The van der Waals surface area contributed by atoms with Crippen LogP contribution >= 0.6 is 0 Å². The third-order valence-electron chi connectivity index (χ3n) is 2.30. The number of ether oxygens (including phenoxy) is 1. The fourth-order valence-electron chi connectivity index (χ4n) is 1.58. The van der Waals surface area contributed by atoms with Gasteiger partial charge in [-0.15, -0.1) is 0 Å². The monoisotopic (exact) mass is 148 g/mol. The molecule has 0 aromatic carbocycles. The van der Waals surface area contributed by atoms with E-state index in [2.05, 4.69) is 37.3 Å². The van der Waals surface area contributed by atoms with E-state index in [-0.39, 0.29) is 0 Å². The number of allylic oxidation sites excluding steroid dienone is 2. The lowest BCUT2D eigenvalue weighted by molar-refractivity contribution is 0.0754. The zero-order valence-corrected chi connectivity index (χ0v) is 6.66. The van der Waals surface area contributed by atoms with E-state index in [1.54, 1.807) is 0 Å². The third-order valence-corrected chi connectivity index (χ3v) is 2.30. The van der Waals surface area contributed by atoms with Crippen LogP contribution in [-0.2, 0) is 4.74 Å². The van der Waals surface area contributed by atoms with Crippen LogP contribution in [0.3, 0.4) is 0 Å². The molecule has 11 heavy (non-hydrogen) atoms. The Labute approximate surface area is 67.1 Å². The zero-order chi connectivity index (χ0) is 7.68. The molecular weight excluding hydrogens is 136 g/mol. The van der Waals surface area contributed by atoms with Crippen LogP contribution in [0.25, 0.3) is 0 Å².